The van der Waals surface area contributed by atoms with Crippen LogP contribution in [0.2, 0.25) is 5.02 Å². The molecule has 1 aromatic carbocycles. The van der Waals surface area contributed by atoms with E-state index in [1.165, 1.54) is 16.5 Å². The third kappa shape index (κ3) is 6.52. The molecule has 0 saturated heterocycles. The predicted molar refractivity (Wildman–Crippen MR) is 113 cm³/mol. The molecule has 0 unspecified atom stereocenters. The van der Waals surface area contributed by atoms with Crippen molar-refractivity contribution in [2.45, 2.75) is 12.8 Å². The van der Waals surface area contributed by atoms with E-state index in [1.54, 1.807) is 31.3 Å². The van der Waals surface area contributed by atoms with Crippen molar-refractivity contribution in [3.05, 3.63) is 57.7 Å². The van der Waals surface area contributed by atoms with Crippen molar-refractivity contribution in [3.8, 4) is 5.75 Å². The van der Waals surface area contributed by atoms with Crippen LogP contribution in [0.5, 0.6) is 5.75 Å². The molecule has 0 heterocycles. The van der Waals surface area contributed by atoms with Crippen molar-refractivity contribution in [2.24, 2.45) is 0 Å². The maximum atomic E-state index is 12.0. The lowest BCUT2D eigenvalue weighted by molar-refractivity contribution is -0.116. The van der Waals surface area contributed by atoms with E-state index in [1.807, 2.05) is 6.08 Å². The van der Waals surface area contributed by atoms with Crippen molar-refractivity contribution < 1.29 is 14.3 Å². The minimum atomic E-state index is -0.221. The van der Waals surface area contributed by atoms with Gasteiger partial charge in [0.1, 0.15) is 24.7 Å². The van der Waals surface area contributed by atoms with E-state index < -0.39 is 0 Å². The zero-order valence-corrected chi connectivity index (χ0v) is 16.8. The zero-order chi connectivity index (χ0) is 18.8. The Balaban J connectivity index is 2.06. The molecule has 0 fully saturated rings. The highest BCUT2D eigenvalue weighted by Crippen LogP contribution is 2.28. The van der Waals surface area contributed by atoms with Crippen molar-refractivity contribution in [2.75, 3.05) is 20.3 Å². The quantitative estimate of drug-likeness (QED) is 0.362. The lowest BCUT2D eigenvalue weighted by Gasteiger charge is -2.13. The first kappa shape index (κ1) is 20.6. The van der Waals surface area contributed by atoms with Crippen LogP contribution in [0, 0.1) is 0 Å². The fourth-order valence-corrected chi connectivity index (χ4v) is 3.24. The summed E-state index contributed by atoms with van der Waals surface area (Å²) < 4.78 is 12.9. The number of benzene rings is 1. The fourth-order valence-electron chi connectivity index (χ4n) is 2.24. The lowest BCUT2D eigenvalue weighted by atomic mass is 10.2. The number of thiocarbonyl (C=S) groups is 1. The summed E-state index contributed by atoms with van der Waals surface area (Å²) in [7, 11) is 1.57. The van der Waals surface area contributed by atoms with E-state index in [0.717, 1.165) is 18.6 Å². The SMILES string of the molecule is CNC(=O)/C(=C/c1cc(Cl)ccc1OCCOC1=CCCC=C1)SC=S. The Hall–Kier alpha value is -1.76. The van der Waals surface area contributed by atoms with Gasteiger partial charge in [-0.25, -0.2) is 0 Å². The Morgan fingerprint density at radius 1 is 1.35 bits per heavy atom. The molecule has 4 nitrogen and oxygen atoms in total. The average Bonchev–Trinajstić information content (AvgIpc) is 2.66. The first-order valence-electron chi connectivity index (χ1n) is 8.10. The van der Waals surface area contributed by atoms with Crippen molar-refractivity contribution in [1.82, 2.24) is 5.32 Å². The number of hydrogen-bond donors (Lipinski definition) is 1. The molecule has 26 heavy (non-hydrogen) atoms. The van der Waals surface area contributed by atoms with Gasteiger partial charge in [0, 0.05) is 22.3 Å². The van der Waals surface area contributed by atoms with Gasteiger partial charge >= 0.3 is 0 Å². The first-order chi connectivity index (χ1) is 12.6. The summed E-state index contributed by atoms with van der Waals surface area (Å²) in [5.74, 6) is 1.27. The van der Waals surface area contributed by atoms with Crippen LogP contribution in [0.3, 0.4) is 0 Å². The monoisotopic (exact) mass is 409 g/mol. The molecule has 0 aliphatic heterocycles. The Kier molecular flexibility index (Phi) is 8.74. The maximum absolute atomic E-state index is 12.0. The van der Waals surface area contributed by atoms with Gasteiger partial charge in [-0.1, -0.05) is 41.7 Å². The molecule has 7 heteroatoms. The van der Waals surface area contributed by atoms with Crippen LogP contribution >= 0.6 is 35.6 Å². The average molecular weight is 410 g/mol. The summed E-state index contributed by atoms with van der Waals surface area (Å²) in [5.41, 5.74) is 0.706. The number of thioether (sulfide) groups is 1. The van der Waals surface area contributed by atoms with Crippen LogP contribution in [-0.2, 0) is 9.53 Å². The van der Waals surface area contributed by atoms with Gasteiger partial charge in [-0.15, -0.1) is 0 Å². The summed E-state index contributed by atoms with van der Waals surface area (Å²) in [6.45, 7) is 0.808. The number of rotatable bonds is 9. The fraction of sp³-hybridized carbons (Fsp3) is 0.263. The summed E-state index contributed by atoms with van der Waals surface area (Å²) in [6.07, 6.45) is 9.88. The largest absolute Gasteiger partial charge is 0.490 e. The number of hydrogen-bond acceptors (Lipinski definition) is 5. The smallest absolute Gasteiger partial charge is 0.257 e. The summed E-state index contributed by atoms with van der Waals surface area (Å²) in [5, 5.41) is 3.15. The second-order valence-corrected chi connectivity index (χ2v) is 7.15. The van der Waals surface area contributed by atoms with E-state index in [4.69, 9.17) is 33.3 Å². The number of halogens is 1. The Labute approximate surface area is 168 Å². The molecule has 2 rings (SSSR count). The molecule has 0 spiro atoms. The van der Waals surface area contributed by atoms with Crippen molar-refractivity contribution in [3.63, 3.8) is 0 Å². The number of allylic oxidation sites excluding steroid dienone is 3. The van der Waals surface area contributed by atoms with Gasteiger partial charge < -0.3 is 14.8 Å². The number of nitrogens with one attached hydrogen (secondary N) is 1. The molecule has 0 saturated carbocycles. The number of carbonyl (C=O) groups is 1. The third-order valence-electron chi connectivity index (χ3n) is 3.45. The molecule has 138 valence electrons. The molecule has 0 radical (unpaired) electrons. The van der Waals surface area contributed by atoms with Crippen LogP contribution in [0.15, 0.2) is 47.1 Å². The van der Waals surface area contributed by atoms with Crippen molar-refractivity contribution >= 4 is 52.3 Å². The van der Waals surface area contributed by atoms with Crippen LogP contribution in [0.4, 0.5) is 0 Å². The summed E-state index contributed by atoms with van der Waals surface area (Å²) >= 11 is 12.1. The first-order valence-corrected chi connectivity index (χ1v) is 9.83. The van der Waals surface area contributed by atoms with Crippen LogP contribution in [0.25, 0.3) is 6.08 Å². The van der Waals surface area contributed by atoms with Gasteiger partial charge in [0.05, 0.1) is 4.91 Å². The molecule has 1 amide bonds. The van der Waals surface area contributed by atoms with Gasteiger partial charge in [0.25, 0.3) is 5.91 Å². The predicted octanol–water partition coefficient (Wildman–Crippen LogP) is 4.75. The van der Waals surface area contributed by atoms with Gasteiger partial charge in [-0.05, 0) is 49.3 Å². The van der Waals surface area contributed by atoms with Gasteiger partial charge in [0.15, 0.2) is 0 Å². The molecule has 0 aromatic heterocycles. The maximum Gasteiger partial charge on any atom is 0.257 e. The topological polar surface area (TPSA) is 47.6 Å². The van der Waals surface area contributed by atoms with Crippen LogP contribution < -0.4 is 10.1 Å². The van der Waals surface area contributed by atoms with E-state index in [2.05, 4.69) is 17.5 Å². The summed E-state index contributed by atoms with van der Waals surface area (Å²) in [4.78, 5) is 12.4. The standard InChI is InChI=1S/C19H20ClNO3S2/c1-21-19(22)18(26-13-25)12-14-11-15(20)7-8-17(14)24-10-9-23-16-5-3-2-4-6-16/h3,5-8,11-13H,2,4,9-10H2,1H3,(H,21,22)/b18-12-. The van der Waals surface area contributed by atoms with E-state index in [9.17, 15) is 4.79 Å². The Bertz CT molecular complexity index is 744. The van der Waals surface area contributed by atoms with E-state index in [0.29, 0.717) is 34.5 Å². The highest BCUT2D eigenvalue weighted by molar-refractivity contribution is 8.24. The molecule has 1 aliphatic carbocycles. The number of likely N-dealkylation sites (N-methyl/N-ethyl adjacent to an activating group) is 1. The highest BCUT2D eigenvalue weighted by Gasteiger charge is 2.10. The number of amides is 1. The molecule has 0 bridgehead atoms. The third-order valence-corrected chi connectivity index (χ3v) is 4.63. The normalized spacial score (nSPS) is 13.8. The van der Waals surface area contributed by atoms with Gasteiger partial charge in [0.2, 0.25) is 0 Å². The van der Waals surface area contributed by atoms with E-state index in [-0.39, 0.29) is 5.91 Å². The van der Waals surface area contributed by atoms with Crippen LogP contribution in [-0.4, -0.2) is 30.9 Å². The minimum Gasteiger partial charge on any atom is -0.490 e. The summed E-state index contributed by atoms with van der Waals surface area (Å²) in [6, 6.07) is 5.27. The van der Waals surface area contributed by atoms with Crippen molar-refractivity contribution in [1.29, 1.82) is 0 Å². The number of ether oxygens (including phenoxy) is 2. The molecule has 1 aliphatic rings. The van der Waals surface area contributed by atoms with E-state index >= 15 is 0 Å². The Morgan fingerprint density at radius 2 is 2.15 bits per heavy atom. The van der Waals surface area contributed by atoms with Crippen LogP contribution in [0.1, 0.15) is 18.4 Å². The molecule has 1 aromatic rings. The highest BCUT2D eigenvalue weighted by atomic mass is 35.5. The van der Waals surface area contributed by atoms with Gasteiger partial charge in [-0.2, -0.15) is 0 Å². The minimum absolute atomic E-state index is 0.221. The second kappa shape index (κ2) is 11.1. The molecular weight excluding hydrogens is 390 g/mol. The molecular formula is C19H20ClNO3S2. The number of carbonyl (C=O) groups excluding carboxylic acids is 1. The zero-order valence-electron chi connectivity index (χ0n) is 14.4. The second-order valence-electron chi connectivity index (χ2n) is 5.27. The molecule has 1 N–H and O–H groups in total. The molecule has 0 atom stereocenters. The van der Waals surface area contributed by atoms with Gasteiger partial charge in [-0.3, -0.25) is 4.79 Å². The lowest BCUT2D eigenvalue weighted by Crippen LogP contribution is -2.18. The Morgan fingerprint density at radius 3 is 2.85 bits per heavy atom.